The zero-order valence-corrected chi connectivity index (χ0v) is 16.5. The molecule has 0 spiro atoms. The summed E-state index contributed by atoms with van der Waals surface area (Å²) >= 11 is 7.39. The van der Waals surface area contributed by atoms with Gasteiger partial charge in [0, 0.05) is 29.7 Å². The van der Waals surface area contributed by atoms with Gasteiger partial charge in [-0.05, 0) is 36.2 Å². The summed E-state index contributed by atoms with van der Waals surface area (Å²) < 4.78 is 1.65. The molecule has 2 aromatic heterocycles. The topological polar surface area (TPSA) is 85.6 Å². The molecule has 3 aromatic rings. The molecular formula is C18H19ClN6OS. The van der Waals surface area contributed by atoms with E-state index in [4.69, 9.17) is 11.6 Å². The SMILES string of the molecule is CC(C)CNC(=O)c1nnn(-c2ccc(Cl)cc2)c1CSc1ncccn1. The number of hydrogen-bond donors (Lipinski definition) is 1. The van der Waals surface area contributed by atoms with Crippen molar-refractivity contribution in [3.8, 4) is 5.69 Å². The Labute approximate surface area is 166 Å². The molecule has 2 heterocycles. The summed E-state index contributed by atoms with van der Waals surface area (Å²) in [6.07, 6.45) is 3.36. The van der Waals surface area contributed by atoms with Gasteiger partial charge in [0.25, 0.3) is 5.91 Å². The van der Waals surface area contributed by atoms with E-state index in [-0.39, 0.29) is 5.91 Å². The van der Waals surface area contributed by atoms with Crippen molar-refractivity contribution in [3.05, 3.63) is 59.1 Å². The van der Waals surface area contributed by atoms with Crippen LogP contribution in [0.15, 0.2) is 47.9 Å². The number of carbonyl (C=O) groups excluding carboxylic acids is 1. The zero-order valence-electron chi connectivity index (χ0n) is 15.0. The normalized spacial score (nSPS) is 11.0. The van der Waals surface area contributed by atoms with Gasteiger partial charge in [-0.2, -0.15) is 0 Å². The number of rotatable bonds is 7. The van der Waals surface area contributed by atoms with Gasteiger partial charge >= 0.3 is 0 Å². The van der Waals surface area contributed by atoms with Crippen LogP contribution in [0.4, 0.5) is 0 Å². The summed E-state index contributed by atoms with van der Waals surface area (Å²) in [5, 5.41) is 12.4. The molecule has 0 atom stereocenters. The summed E-state index contributed by atoms with van der Waals surface area (Å²) in [4.78, 5) is 21.0. The van der Waals surface area contributed by atoms with Crippen LogP contribution < -0.4 is 5.32 Å². The second-order valence-corrected chi connectivity index (χ2v) is 7.58. The smallest absolute Gasteiger partial charge is 0.273 e. The molecule has 0 aliphatic carbocycles. The van der Waals surface area contributed by atoms with Gasteiger partial charge in [-0.1, -0.05) is 42.4 Å². The molecular weight excluding hydrogens is 384 g/mol. The second kappa shape index (κ2) is 8.96. The first kappa shape index (κ1) is 19.3. The van der Waals surface area contributed by atoms with E-state index < -0.39 is 0 Å². The molecule has 0 bridgehead atoms. The largest absolute Gasteiger partial charge is 0.350 e. The summed E-state index contributed by atoms with van der Waals surface area (Å²) in [5.74, 6) is 0.550. The van der Waals surface area contributed by atoms with Crippen LogP contribution in [0.1, 0.15) is 30.0 Å². The standard InChI is InChI=1S/C18H19ClN6OS/c1-12(2)10-22-17(26)16-15(11-27-18-20-8-3-9-21-18)25(24-23-16)14-6-4-13(19)5-7-14/h3-9,12H,10-11H2,1-2H3,(H,22,26). The molecule has 140 valence electrons. The number of hydrogen-bond acceptors (Lipinski definition) is 6. The highest BCUT2D eigenvalue weighted by Gasteiger charge is 2.21. The fourth-order valence-corrected chi connectivity index (χ4v) is 3.19. The average molecular weight is 403 g/mol. The Morgan fingerprint density at radius 1 is 1.22 bits per heavy atom. The molecule has 0 aliphatic heterocycles. The van der Waals surface area contributed by atoms with Crippen LogP contribution in [0.25, 0.3) is 5.69 Å². The van der Waals surface area contributed by atoms with E-state index in [1.165, 1.54) is 11.8 Å². The highest BCUT2D eigenvalue weighted by Crippen LogP contribution is 2.23. The molecule has 27 heavy (non-hydrogen) atoms. The number of nitrogens with one attached hydrogen (secondary N) is 1. The quantitative estimate of drug-likeness (QED) is 0.481. The Bertz CT molecular complexity index is 898. The number of thioether (sulfide) groups is 1. The Morgan fingerprint density at radius 2 is 1.93 bits per heavy atom. The second-order valence-electron chi connectivity index (χ2n) is 6.20. The van der Waals surface area contributed by atoms with Gasteiger partial charge in [0.1, 0.15) is 0 Å². The summed E-state index contributed by atoms with van der Waals surface area (Å²) in [6, 6.07) is 8.97. The van der Waals surface area contributed by atoms with Gasteiger partial charge in [-0.25, -0.2) is 14.6 Å². The Morgan fingerprint density at radius 3 is 2.59 bits per heavy atom. The van der Waals surface area contributed by atoms with Crippen LogP contribution >= 0.6 is 23.4 Å². The van der Waals surface area contributed by atoms with Gasteiger partial charge in [0.05, 0.1) is 11.4 Å². The Hall–Kier alpha value is -2.45. The highest BCUT2D eigenvalue weighted by atomic mass is 35.5. The highest BCUT2D eigenvalue weighted by molar-refractivity contribution is 7.98. The molecule has 1 amide bonds. The van der Waals surface area contributed by atoms with E-state index in [1.807, 2.05) is 26.0 Å². The monoisotopic (exact) mass is 402 g/mol. The van der Waals surface area contributed by atoms with E-state index in [2.05, 4.69) is 25.6 Å². The summed E-state index contributed by atoms with van der Waals surface area (Å²) in [7, 11) is 0. The van der Waals surface area contributed by atoms with Gasteiger partial charge in [0.15, 0.2) is 10.9 Å². The van der Waals surface area contributed by atoms with E-state index in [9.17, 15) is 4.79 Å². The van der Waals surface area contributed by atoms with Gasteiger partial charge in [0.2, 0.25) is 0 Å². The fourth-order valence-electron chi connectivity index (χ4n) is 2.27. The minimum Gasteiger partial charge on any atom is -0.350 e. The van der Waals surface area contributed by atoms with Crippen molar-refractivity contribution in [3.63, 3.8) is 0 Å². The number of benzene rings is 1. The minimum atomic E-state index is -0.242. The van der Waals surface area contributed by atoms with Gasteiger partial charge in [-0.3, -0.25) is 4.79 Å². The predicted molar refractivity (Wildman–Crippen MR) is 105 cm³/mol. The Kier molecular flexibility index (Phi) is 6.41. The molecule has 0 saturated carbocycles. The van der Waals surface area contributed by atoms with Crippen molar-refractivity contribution in [2.45, 2.75) is 24.8 Å². The number of halogens is 1. The molecule has 1 aromatic carbocycles. The number of aromatic nitrogens is 5. The Balaban J connectivity index is 1.90. The molecule has 0 saturated heterocycles. The number of carbonyl (C=O) groups is 1. The van der Waals surface area contributed by atoms with Crippen LogP contribution in [0.3, 0.4) is 0 Å². The molecule has 3 rings (SSSR count). The minimum absolute atomic E-state index is 0.242. The lowest BCUT2D eigenvalue weighted by atomic mass is 10.2. The molecule has 9 heteroatoms. The molecule has 0 radical (unpaired) electrons. The third-order valence-corrected chi connectivity index (χ3v) is 4.74. The van der Waals surface area contributed by atoms with Crippen molar-refractivity contribution in [2.24, 2.45) is 5.92 Å². The van der Waals surface area contributed by atoms with E-state index >= 15 is 0 Å². The van der Waals surface area contributed by atoms with E-state index in [0.29, 0.717) is 39.8 Å². The van der Waals surface area contributed by atoms with E-state index in [0.717, 1.165) is 5.69 Å². The maximum atomic E-state index is 12.6. The molecule has 0 unspecified atom stereocenters. The third-order valence-electron chi connectivity index (χ3n) is 3.60. The van der Waals surface area contributed by atoms with Crippen molar-refractivity contribution >= 4 is 29.3 Å². The lowest BCUT2D eigenvalue weighted by molar-refractivity contribution is 0.0943. The fraction of sp³-hybridized carbons (Fsp3) is 0.278. The van der Waals surface area contributed by atoms with E-state index in [1.54, 1.807) is 35.3 Å². The maximum absolute atomic E-state index is 12.6. The molecule has 7 nitrogen and oxygen atoms in total. The maximum Gasteiger partial charge on any atom is 0.273 e. The van der Waals surface area contributed by atoms with Crippen molar-refractivity contribution in [1.29, 1.82) is 0 Å². The first-order valence-electron chi connectivity index (χ1n) is 8.43. The molecule has 1 N–H and O–H groups in total. The summed E-state index contributed by atoms with van der Waals surface area (Å²) in [5.41, 5.74) is 1.75. The predicted octanol–water partition coefficient (Wildman–Crippen LogP) is 3.39. The molecule has 0 aliphatic rings. The summed E-state index contributed by atoms with van der Waals surface area (Å²) in [6.45, 7) is 4.64. The lowest BCUT2D eigenvalue weighted by Gasteiger charge is -2.09. The third kappa shape index (κ3) is 5.05. The van der Waals surface area contributed by atoms with Crippen LogP contribution in [0.5, 0.6) is 0 Å². The van der Waals surface area contributed by atoms with Crippen LogP contribution in [-0.2, 0) is 5.75 Å². The van der Waals surface area contributed by atoms with Crippen LogP contribution in [0, 0.1) is 5.92 Å². The van der Waals surface area contributed by atoms with Gasteiger partial charge < -0.3 is 5.32 Å². The van der Waals surface area contributed by atoms with Crippen molar-refractivity contribution < 1.29 is 4.79 Å². The average Bonchev–Trinajstić information content (AvgIpc) is 3.10. The van der Waals surface area contributed by atoms with Crippen molar-refractivity contribution in [1.82, 2.24) is 30.3 Å². The van der Waals surface area contributed by atoms with Crippen LogP contribution in [0.2, 0.25) is 5.02 Å². The van der Waals surface area contributed by atoms with Crippen LogP contribution in [-0.4, -0.2) is 37.4 Å². The lowest BCUT2D eigenvalue weighted by Crippen LogP contribution is -2.28. The number of nitrogens with zero attached hydrogens (tertiary/aromatic N) is 5. The van der Waals surface area contributed by atoms with Crippen molar-refractivity contribution in [2.75, 3.05) is 6.54 Å². The first-order valence-corrected chi connectivity index (χ1v) is 9.79. The van der Waals surface area contributed by atoms with Gasteiger partial charge in [-0.15, -0.1) is 5.10 Å². The zero-order chi connectivity index (χ0) is 19.2. The number of amides is 1. The molecule has 0 fully saturated rings. The first-order chi connectivity index (χ1) is 13.0.